The number of methoxy groups -OCH3 is 1. The third kappa shape index (κ3) is 5.23. The molecule has 2 aliphatic heterocycles. The van der Waals surface area contributed by atoms with Gasteiger partial charge in [-0.15, -0.1) is 0 Å². The lowest BCUT2D eigenvalue weighted by molar-refractivity contribution is -0.156. The molecule has 0 saturated carbocycles. The van der Waals surface area contributed by atoms with Gasteiger partial charge in [-0.1, -0.05) is 30.3 Å². The third-order valence-electron chi connectivity index (χ3n) is 6.49. The van der Waals surface area contributed by atoms with Gasteiger partial charge in [-0.3, -0.25) is 19.2 Å². The lowest BCUT2D eigenvalue weighted by Crippen LogP contribution is -2.47. The summed E-state index contributed by atoms with van der Waals surface area (Å²) in [6, 6.07) is 9.50. The minimum Gasteiger partial charge on any atom is -0.468 e. The Kier molecular flexibility index (Phi) is 7.08. The first-order valence-electron chi connectivity index (χ1n) is 12.1. The van der Waals surface area contributed by atoms with Crippen LogP contribution >= 0.6 is 0 Å². The van der Waals surface area contributed by atoms with Crippen LogP contribution in [0.5, 0.6) is 0 Å². The summed E-state index contributed by atoms with van der Waals surface area (Å²) in [7, 11) is 1.32. The molecular formula is C26H34N4O6. The predicted molar refractivity (Wildman–Crippen MR) is 131 cm³/mol. The van der Waals surface area contributed by atoms with Gasteiger partial charge in [0.1, 0.15) is 11.0 Å². The van der Waals surface area contributed by atoms with Crippen molar-refractivity contribution in [3.8, 4) is 0 Å². The zero-order valence-electron chi connectivity index (χ0n) is 21.5. The van der Waals surface area contributed by atoms with Crippen LogP contribution in [0, 0.1) is 5.41 Å². The van der Waals surface area contributed by atoms with E-state index in [-0.39, 0.29) is 38.1 Å². The maximum absolute atomic E-state index is 13.2. The lowest BCUT2D eigenvalue weighted by atomic mass is 9.88. The van der Waals surface area contributed by atoms with Crippen molar-refractivity contribution in [1.82, 2.24) is 14.7 Å². The number of rotatable bonds is 6. The van der Waals surface area contributed by atoms with E-state index in [0.717, 1.165) is 11.3 Å². The van der Waals surface area contributed by atoms with E-state index in [1.165, 1.54) is 7.11 Å². The molecule has 36 heavy (non-hydrogen) atoms. The monoisotopic (exact) mass is 498 g/mol. The highest BCUT2D eigenvalue weighted by atomic mass is 16.6. The van der Waals surface area contributed by atoms with Gasteiger partial charge < -0.3 is 19.1 Å². The first kappa shape index (κ1) is 25.7. The molecule has 0 bridgehead atoms. The molecule has 0 aliphatic carbocycles. The van der Waals surface area contributed by atoms with E-state index in [4.69, 9.17) is 14.2 Å². The first-order valence-corrected chi connectivity index (χ1v) is 12.1. The van der Waals surface area contributed by atoms with Crippen molar-refractivity contribution in [1.29, 1.82) is 0 Å². The average Bonchev–Trinajstić information content (AvgIpc) is 3.38. The number of carbonyl (C=O) groups is 3. The Hall–Kier alpha value is -3.40. The highest BCUT2D eigenvalue weighted by molar-refractivity contribution is 6.01. The SMILES string of the molecule is COC(=O)C1(COCc2ccccc2)CC(=O)N(c2cnn3c2CN(C(=O)OC(C)(C)C)[C@@H](C)C3)C1. The van der Waals surface area contributed by atoms with Crippen molar-refractivity contribution < 1.29 is 28.6 Å². The molecule has 0 spiro atoms. The third-order valence-corrected chi connectivity index (χ3v) is 6.49. The molecule has 1 fully saturated rings. The van der Waals surface area contributed by atoms with Gasteiger partial charge in [0.15, 0.2) is 0 Å². The summed E-state index contributed by atoms with van der Waals surface area (Å²) >= 11 is 0. The Labute approximate surface area is 211 Å². The molecular weight excluding hydrogens is 464 g/mol. The number of ether oxygens (including phenoxy) is 3. The number of anilines is 1. The summed E-state index contributed by atoms with van der Waals surface area (Å²) in [6.45, 7) is 8.58. The number of benzene rings is 1. The number of fused-ring (bicyclic) bond motifs is 1. The Morgan fingerprint density at radius 1 is 1.19 bits per heavy atom. The molecule has 10 nitrogen and oxygen atoms in total. The Morgan fingerprint density at radius 3 is 2.58 bits per heavy atom. The van der Waals surface area contributed by atoms with E-state index in [2.05, 4.69) is 5.10 Å². The summed E-state index contributed by atoms with van der Waals surface area (Å²) in [6.07, 6.45) is 1.17. The van der Waals surface area contributed by atoms with E-state index in [1.807, 2.05) is 58.0 Å². The van der Waals surface area contributed by atoms with Crippen LogP contribution in [-0.2, 0) is 43.5 Å². The maximum Gasteiger partial charge on any atom is 0.410 e. The quantitative estimate of drug-likeness (QED) is 0.564. The fourth-order valence-electron chi connectivity index (χ4n) is 4.68. The number of hydrogen-bond donors (Lipinski definition) is 0. The van der Waals surface area contributed by atoms with Crippen LogP contribution in [-0.4, -0.2) is 64.6 Å². The molecule has 0 radical (unpaired) electrons. The topological polar surface area (TPSA) is 103 Å². The Morgan fingerprint density at radius 2 is 1.92 bits per heavy atom. The number of aromatic nitrogens is 2. The molecule has 1 unspecified atom stereocenters. The van der Waals surface area contributed by atoms with E-state index in [9.17, 15) is 14.4 Å². The van der Waals surface area contributed by atoms with Crippen LogP contribution in [0.3, 0.4) is 0 Å². The van der Waals surface area contributed by atoms with Crippen LogP contribution in [0.1, 0.15) is 45.4 Å². The van der Waals surface area contributed by atoms with E-state index in [1.54, 1.807) is 20.7 Å². The zero-order chi connectivity index (χ0) is 26.1. The molecule has 2 amide bonds. The molecule has 2 atom stereocenters. The smallest absolute Gasteiger partial charge is 0.410 e. The van der Waals surface area contributed by atoms with E-state index in [0.29, 0.717) is 18.8 Å². The van der Waals surface area contributed by atoms with Crippen LogP contribution in [0.4, 0.5) is 10.5 Å². The average molecular weight is 499 g/mol. The molecule has 2 aromatic rings. The number of hydrogen-bond acceptors (Lipinski definition) is 7. The summed E-state index contributed by atoms with van der Waals surface area (Å²) in [4.78, 5) is 42.1. The van der Waals surface area contributed by atoms with Crippen molar-refractivity contribution in [2.75, 3.05) is 25.2 Å². The van der Waals surface area contributed by atoms with Crippen molar-refractivity contribution in [3.05, 3.63) is 47.8 Å². The molecule has 10 heteroatoms. The largest absolute Gasteiger partial charge is 0.468 e. The molecule has 0 N–H and O–H groups in total. The van der Waals surface area contributed by atoms with E-state index >= 15 is 0 Å². The number of amides is 2. The van der Waals surface area contributed by atoms with Gasteiger partial charge in [0.25, 0.3) is 0 Å². The van der Waals surface area contributed by atoms with Gasteiger partial charge in [0, 0.05) is 13.0 Å². The zero-order valence-corrected chi connectivity index (χ0v) is 21.5. The Bertz CT molecular complexity index is 1130. The second-order valence-corrected chi connectivity index (χ2v) is 10.5. The number of esters is 1. The van der Waals surface area contributed by atoms with E-state index < -0.39 is 23.1 Å². The summed E-state index contributed by atoms with van der Waals surface area (Å²) < 4.78 is 18.4. The van der Waals surface area contributed by atoms with Crippen molar-refractivity contribution >= 4 is 23.7 Å². The van der Waals surface area contributed by atoms with Crippen molar-refractivity contribution in [2.45, 2.75) is 65.5 Å². The molecule has 3 heterocycles. The molecule has 194 valence electrons. The summed E-state index contributed by atoms with van der Waals surface area (Å²) in [5.41, 5.74) is 0.512. The molecule has 2 aliphatic rings. The second kappa shape index (κ2) is 9.93. The highest BCUT2D eigenvalue weighted by Crippen LogP contribution is 2.39. The van der Waals surface area contributed by atoms with Gasteiger partial charge >= 0.3 is 12.1 Å². The number of nitrogens with zero attached hydrogens (tertiary/aromatic N) is 4. The molecule has 1 aromatic carbocycles. The van der Waals surface area contributed by atoms with Gasteiger partial charge in [0.05, 0.1) is 57.0 Å². The van der Waals surface area contributed by atoms with Gasteiger partial charge in [-0.05, 0) is 33.3 Å². The number of carbonyl (C=O) groups excluding carboxylic acids is 3. The maximum atomic E-state index is 13.2. The first-order chi connectivity index (χ1) is 17.0. The molecule has 4 rings (SSSR count). The molecule has 1 aromatic heterocycles. The van der Waals surface area contributed by atoms with Gasteiger partial charge in [0.2, 0.25) is 5.91 Å². The molecule has 1 saturated heterocycles. The predicted octanol–water partition coefficient (Wildman–Crippen LogP) is 3.14. The fourth-order valence-corrected chi connectivity index (χ4v) is 4.68. The normalized spacial score (nSPS) is 21.9. The van der Waals surface area contributed by atoms with Gasteiger partial charge in [-0.2, -0.15) is 5.10 Å². The van der Waals surface area contributed by atoms with Crippen LogP contribution in [0.15, 0.2) is 36.5 Å². The minimum absolute atomic E-state index is 0.0364. The van der Waals surface area contributed by atoms with Crippen LogP contribution in [0.2, 0.25) is 0 Å². The highest BCUT2D eigenvalue weighted by Gasteiger charge is 2.51. The van der Waals surface area contributed by atoms with Crippen LogP contribution in [0.25, 0.3) is 0 Å². The summed E-state index contributed by atoms with van der Waals surface area (Å²) in [5, 5.41) is 4.47. The summed E-state index contributed by atoms with van der Waals surface area (Å²) in [5.74, 6) is -0.710. The standard InChI is InChI=1S/C26H34N4O6/c1-18-13-30-21(14-28(18)24(33)36-25(2,3)4)20(12-27-30)29-16-26(11-22(29)31,23(32)34-5)17-35-15-19-9-7-6-8-10-19/h6-10,12,18H,11,13-17H2,1-5H3/t18-,26?/m0/s1. The minimum atomic E-state index is -1.14. The second-order valence-electron chi connectivity index (χ2n) is 10.5. The lowest BCUT2D eigenvalue weighted by Gasteiger charge is -2.36. The van der Waals surface area contributed by atoms with Crippen LogP contribution < -0.4 is 4.90 Å². The van der Waals surface area contributed by atoms with Crippen molar-refractivity contribution in [2.24, 2.45) is 5.41 Å². The van der Waals surface area contributed by atoms with Gasteiger partial charge in [-0.25, -0.2) is 4.79 Å². The Balaban J connectivity index is 1.54. The van der Waals surface area contributed by atoms with Crippen molar-refractivity contribution in [3.63, 3.8) is 0 Å². The fraction of sp³-hybridized carbons (Fsp3) is 0.538.